The largest absolute Gasteiger partial charge is 0.349 e. The van der Waals surface area contributed by atoms with Gasteiger partial charge in [0.2, 0.25) is 0 Å². The molecular weight excluding hydrogens is 336 g/mol. The molecular formula is C22H28N4O. The first-order valence-corrected chi connectivity index (χ1v) is 9.26. The Bertz CT molecular complexity index is 856. The van der Waals surface area contributed by atoms with E-state index in [0.29, 0.717) is 12.5 Å². The molecule has 0 radical (unpaired) electrons. The van der Waals surface area contributed by atoms with E-state index in [1.165, 1.54) is 0 Å². The SMILES string of the molecule is Cc1cc(/C=C(/C#N)C(=O)N(C)Cc2cccnc2)c(C)n1CCC(C)C. The molecule has 0 bridgehead atoms. The Labute approximate surface area is 161 Å². The Balaban J connectivity index is 2.21. The van der Waals surface area contributed by atoms with Gasteiger partial charge in [0.05, 0.1) is 0 Å². The second kappa shape index (κ2) is 9.18. The van der Waals surface area contributed by atoms with Crippen LogP contribution >= 0.6 is 0 Å². The van der Waals surface area contributed by atoms with E-state index in [0.717, 1.165) is 35.5 Å². The molecule has 5 nitrogen and oxygen atoms in total. The minimum absolute atomic E-state index is 0.144. The average Bonchev–Trinajstić information content (AvgIpc) is 2.91. The number of aryl methyl sites for hydroxylation is 1. The summed E-state index contributed by atoms with van der Waals surface area (Å²) in [6, 6.07) is 7.86. The Morgan fingerprint density at radius 3 is 2.74 bits per heavy atom. The van der Waals surface area contributed by atoms with Gasteiger partial charge in [-0.05, 0) is 55.5 Å². The molecule has 142 valence electrons. The minimum Gasteiger partial charge on any atom is -0.349 e. The van der Waals surface area contributed by atoms with E-state index in [9.17, 15) is 10.1 Å². The lowest BCUT2D eigenvalue weighted by Crippen LogP contribution is -2.27. The molecule has 2 heterocycles. The Morgan fingerprint density at radius 2 is 2.15 bits per heavy atom. The van der Waals surface area contributed by atoms with Crippen LogP contribution < -0.4 is 0 Å². The topological polar surface area (TPSA) is 61.9 Å². The molecule has 1 amide bonds. The summed E-state index contributed by atoms with van der Waals surface area (Å²) in [5.41, 5.74) is 4.23. The summed E-state index contributed by atoms with van der Waals surface area (Å²) in [4.78, 5) is 18.3. The van der Waals surface area contributed by atoms with E-state index < -0.39 is 0 Å². The lowest BCUT2D eigenvalue weighted by molar-refractivity contribution is -0.125. The maximum atomic E-state index is 12.7. The molecule has 0 unspecified atom stereocenters. The van der Waals surface area contributed by atoms with Crippen molar-refractivity contribution in [3.8, 4) is 6.07 Å². The van der Waals surface area contributed by atoms with Crippen molar-refractivity contribution in [3.63, 3.8) is 0 Å². The number of aromatic nitrogens is 2. The van der Waals surface area contributed by atoms with Crippen LogP contribution in [0.1, 0.15) is 42.8 Å². The van der Waals surface area contributed by atoms with Crippen LogP contribution in [0.15, 0.2) is 36.2 Å². The number of rotatable bonds is 7. The van der Waals surface area contributed by atoms with Crippen molar-refractivity contribution >= 4 is 12.0 Å². The number of carbonyl (C=O) groups excluding carboxylic acids is 1. The summed E-state index contributed by atoms with van der Waals surface area (Å²) in [6.45, 7) is 9.88. The van der Waals surface area contributed by atoms with Crippen LogP contribution in [0, 0.1) is 31.1 Å². The van der Waals surface area contributed by atoms with Gasteiger partial charge in [-0.1, -0.05) is 19.9 Å². The molecule has 0 saturated heterocycles. The Hall–Kier alpha value is -2.87. The fourth-order valence-corrected chi connectivity index (χ4v) is 3.05. The zero-order valence-corrected chi connectivity index (χ0v) is 16.9. The van der Waals surface area contributed by atoms with Gasteiger partial charge in [0.25, 0.3) is 5.91 Å². The summed E-state index contributed by atoms with van der Waals surface area (Å²) in [7, 11) is 1.70. The van der Waals surface area contributed by atoms with Crippen molar-refractivity contribution in [1.82, 2.24) is 14.5 Å². The number of hydrogen-bond donors (Lipinski definition) is 0. The predicted molar refractivity (Wildman–Crippen MR) is 108 cm³/mol. The van der Waals surface area contributed by atoms with Crippen molar-refractivity contribution in [3.05, 3.63) is 58.7 Å². The van der Waals surface area contributed by atoms with Gasteiger partial charge in [-0.2, -0.15) is 5.26 Å². The first kappa shape index (κ1) is 20.4. The number of hydrogen-bond acceptors (Lipinski definition) is 3. The minimum atomic E-state index is -0.284. The van der Waals surface area contributed by atoms with Crippen molar-refractivity contribution < 1.29 is 4.79 Å². The highest BCUT2D eigenvalue weighted by Crippen LogP contribution is 2.20. The van der Waals surface area contributed by atoms with Gasteiger partial charge in [0.1, 0.15) is 11.6 Å². The van der Waals surface area contributed by atoms with Crippen LogP contribution in [0.4, 0.5) is 0 Å². The molecule has 0 N–H and O–H groups in total. The number of carbonyl (C=O) groups is 1. The molecule has 0 atom stereocenters. The van der Waals surface area contributed by atoms with E-state index in [4.69, 9.17) is 0 Å². The smallest absolute Gasteiger partial charge is 0.264 e. The van der Waals surface area contributed by atoms with E-state index >= 15 is 0 Å². The summed E-state index contributed by atoms with van der Waals surface area (Å²) < 4.78 is 2.25. The molecule has 0 aliphatic heterocycles. The molecule has 27 heavy (non-hydrogen) atoms. The summed E-state index contributed by atoms with van der Waals surface area (Å²) in [5, 5.41) is 9.53. The first-order valence-electron chi connectivity index (χ1n) is 9.26. The molecule has 5 heteroatoms. The van der Waals surface area contributed by atoms with Crippen molar-refractivity contribution in [2.75, 3.05) is 7.05 Å². The maximum absolute atomic E-state index is 12.7. The van der Waals surface area contributed by atoms with Crippen LogP contribution in [0.5, 0.6) is 0 Å². The van der Waals surface area contributed by atoms with Crippen molar-refractivity contribution in [2.45, 2.75) is 47.2 Å². The van der Waals surface area contributed by atoms with Gasteiger partial charge >= 0.3 is 0 Å². The third-order valence-electron chi connectivity index (χ3n) is 4.68. The second-order valence-electron chi connectivity index (χ2n) is 7.35. The molecule has 0 aliphatic rings. The predicted octanol–water partition coefficient (Wildman–Crippen LogP) is 4.11. The normalized spacial score (nSPS) is 11.5. The summed E-state index contributed by atoms with van der Waals surface area (Å²) >= 11 is 0. The van der Waals surface area contributed by atoms with Gasteiger partial charge in [-0.3, -0.25) is 9.78 Å². The zero-order valence-electron chi connectivity index (χ0n) is 16.9. The van der Waals surface area contributed by atoms with E-state index in [1.807, 2.05) is 25.1 Å². The number of amides is 1. The highest BCUT2D eigenvalue weighted by molar-refractivity contribution is 6.01. The molecule has 0 saturated carbocycles. The Kier molecular flexibility index (Phi) is 6.95. The zero-order chi connectivity index (χ0) is 20.0. The highest BCUT2D eigenvalue weighted by Gasteiger charge is 2.17. The fourth-order valence-electron chi connectivity index (χ4n) is 3.05. The van der Waals surface area contributed by atoms with Crippen molar-refractivity contribution in [1.29, 1.82) is 5.26 Å². The summed E-state index contributed by atoms with van der Waals surface area (Å²) in [6.07, 6.45) is 6.22. The number of pyridine rings is 1. The van der Waals surface area contributed by atoms with Gasteiger partial charge in [-0.15, -0.1) is 0 Å². The first-order chi connectivity index (χ1) is 12.8. The van der Waals surface area contributed by atoms with Gasteiger partial charge in [0, 0.05) is 43.9 Å². The van der Waals surface area contributed by atoms with Gasteiger partial charge in [0.15, 0.2) is 0 Å². The number of nitriles is 1. The fraction of sp³-hybridized carbons (Fsp3) is 0.409. The van der Waals surface area contributed by atoms with Crippen LogP contribution in [0.3, 0.4) is 0 Å². The van der Waals surface area contributed by atoms with Crippen LogP contribution in [-0.2, 0) is 17.9 Å². The maximum Gasteiger partial charge on any atom is 0.264 e. The van der Waals surface area contributed by atoms with E-state index in [-0.39, 0.29) is 11.5 Å². The lowest BCUT2D eigenvalue weighted by Gasteiger charge is -2.16. The summed E-state index contributed by atoms with van der Waals surface area (Å²) in [5.74, 6) is 0.343. The van der Waals surface area contributed by atoms with Gasteiger partial charge < -0.3 is 9.47 Å². The number of likely N-dealkylation sites (N-methyl/N-ethyl adjacent to an activating group) is 1. The highest BCUT2D eigenvalue weighted by atomic mass is 16.2. The Morgan fingerprint density at radius 1 is 1.41 bits per heavy atom. The molecule has 0 fully saturated rings. The molecule has 0 aliphatic carbocycles. The molecule has 2 rings (SSSR count). The third kappa shape index (κ3) is 5.30. The van der Waals surface area contributed by atoms with E-state index in [1.54, 1.807) is 30.4 Å². The monoisotopic (exact) mass is 364 g/mol. The quantitative estimate of drug-likeness (QED) is 0.549. The third-order valence-corrected chi connectivity index (χ3v) is 4.68. The molecule has 2 aromatic heterocycles. The molecule has 0 spiro atoms. The second-order valence-corrected chi connectivity index (χ2v) is 7.35. The van der Waals surface area contributed by atoms with Crippen LogP contribution in [-0.4, -0.2) is 27.4 Å². The molecule has 2 aromatic rings. The van der Waals surface area contributed by atoms with E-state index in [2.05, 4.69) is 36.4 Å². The van der Waals surface area contributed by atoms with Crippen LogP contribution in [0.25, 0.3) is 6.08 Å². The van der Waals surface area contributed by atoms with Crippen LogP contribution in [0.2, 0.25) is 0 Å². The molecule has 0 aromatic carbocycles. The lowest BCUT2D eigenvalue weighted by atomic mass is 10.1. The van der Waals surface area contributed by atoms with Crippen molar-refractivity contribution in [2.24, 2.45) is 5.92 Å². The van der Waals surface area contributed by atoms with Gasteiger partial charge in [-0.25, -0.2) is 0 Å². The average molecular weight is 364 g/mol. The number of nitrogens with zero attached hydrogens (tertiary/aromatic N) is 4. The standard InChI is InChI=1S/C22H28N4O/c1-16(2)8-10-26-17(3)11-20(18(26)4)12-21(13-23)22(27)25(5)15-19-7-6-9-24-14-19/h6-7,9,11-12,14,16H,8,10,15H2,1-5H3/b21-12-.